The van der Waals surface area contributed by atoms with Gasteiger partial charge in [-0.25, -0.2) is 0 Å². The van der Waals surface area contributed by atoms with Crippen molar-refractivity contribution in [1.82, 2.24) is 0 Å². The zero-order valence-electron chi connectivity index (χ0n) is 19.3. The quantitative estimate of drug-likeness (QED) is 0.267. The molecule has 0 amide bonds. The minimum Gasteiger partial charge on any atom is -0.321 e. The molecule has 35 heavy (non-hydrogen) atoms. The third-order valence-corrected chi connectivity index (χ3v) is 6.45. The van der Waals surface area contributed by atoms with Crippen LogP contribution in [0.5, 0.6) is 0 Å². The molecule has 5 aromatic rings. The summed E-state index contributed by atoms with van der Waals surface area (Å²) in [6.45, 7) is 0. The van der Waals surface area contributed by atoms with Crippen LogP contribution in [0.1, 0.15) is 17.3 Å². The molecular weight excluding hydrogens is 424 g/mol. The molecular formula is C33H25N2. The molecule has 2 heteroatoms. The molecule has 0 aromatic heterocycles. The lowest BCUT2D eigenvalue weighted by molar-refractivity contribution is 0.739. The summed E-state index contributed by atoms with van der Waals surface area (Å²) < 4.78 is 0. The highest BCUT2D eigenvalue weighted by atomic mass is 15.4. The molecule has 0 aliphatic carbocycles. The predicted octanol–water partition coefficient (Wildman–Crippen LogP) is 8.18. The van der Waals surface area contributed by atoms with Crippen LogP contribution in [-0.4, -0.2) is 0 Å². The molecule has 0 saturated heterocycles. The number of rotatable bonds is 5. The molecule has 0 N–H and O–H groups in total. The maximum absolute atomic E-state index is 3.10. The van der Waals surface area contributed by atoms with Crippen molar-refractivity contribution in [2.45, 2.75) is 6.17 Å². The molecule has 1 heterocycles. The first-order chi connectivity index (χ1) is 17.4. The number of para-hydroxylation sites is 1. The second-order valence-electron chi connectivity index (χ2n) is 8.61. The van der Waals surface area contributed by atoms with Crippen molar-refractivity contribution in [3.05, 3.63) is 163 Å². The van der Waals surface area contributed by atoms with E-state index < -0.39 is 0 Å². The molecule has 1 atom stereocenters. The Morgan fingerprint density at radius 1 is 0.486 bits per heavy atom. The van der Waals surface area contributed by atoms with E-state index in [-0.39, 0.29) is 6.17 Å². The minimum absolute atomic E-state index is 0.00835. The number of anilines is 2. The summed E-state index contributed by atoms with van der Waals surface area (Å²) in [5.41, 5.74) is 8.31. The average molecular weight is 450 g/mol. The summed E-state index contributed by atoms with van der Waals surface area (Å²) in [5.74, 6) is 0. The van der Waals surface area contributed by atoms with Crippen LogP contribution < -0.4 is 9.80 Å². The van der Waals surface area contributed by atoms with Gasteiger partial charge in [-0.3, -0.25) is 0 Å². The van der Waals surface area contributed by atoms with E-state index in [2.05, 4.69) is 149 Å². The summed E-state index contributed by atoms with van der Waals surface area (Å²) in [5, 5.41) is 0. The fourth-order valence-electron chi connectivity index (χ4n) is 4.77. The summed E-state index contributed by atoms with van der Waals surface area (Å²) in [7, 11) is 0. The maximum atomic E-state index is 3.10. The standard InChI is InChI=1S/C33H25N2/c1-5-13-26(14-6-1)27-21-23-30(24-22-27)34-25-32(28-15-7-2-8-16-28)35(31-19-11-4-12-20-31)33(34)29-17-9-3-10-18-29/h2-25,33H. The van der Waals surface area contributed by atoms with Gasteiger partial charge in [0.25, 0.3) is 0 Å². The van der Waals surface area contributed by atoms with Crippen LogP contribution in [-0.2, 0) is 0 Å². The molecule has 167 valence electrons. The summed E-state index contributed by atoms with van der Waals surface area (Å²) in [6.07, 6.45) is 2.28. The van der Waals surface area contributed by atoms with Gasteiger partial charge in [0, 0.05) is 17.6 Å². The van der Waals surface area contributed by atoms with E-state index in [1.807, 2.05) is 12.1 Å². The Bertz CT molecular complexity index is 1410. The van der Waals surface area contributed by atoms with Crippen molar-refractivity contribution in [1.29, 1.82) is 0 Å². The first kappa shape index (κ1) is 21.0. The van der Waals surface area contributed by atoms with Crippen molar-refractivity contribution in [2.75, 3.05) is 9.80 Å². The Morgan fingerprint density at radius 3 is 1.71 bits per heavy atom. The van der Waals surface area contributed by atoms with Gasteiger partial charge in [0.1, 0.15) is 6.17 Å². The molecule has 1 unspecified atom stereocenters. The normalized spacial score (nSPS) is 15.2. The Labute approximate surface area is 207 Å². The van der Waals surface area contributed by atoms with E-state index in [1.165, 1.54) is 28.0 Å². The van der Waals surface area contributed by atoms with Crippen LogP contribution in [0.3, 0.4) is 0 Å². The average Bonchev–Trinajstić information content (AvgIpc) is 3.36. The summed E-state index contributed by atoms with van der Waals surface area (Å²) in [4.78, 5) is 4.82. The number of hydrogen-bond acceptors (Lipinski definition) is 2. The maximum Gasteiger partial charge on any atom is 0.136 e. The summed E-state index contributed by atoms with van der Waals surface area (Å²) >= 11 is 0. The van der Waals surface area contributed by atoms with E-state index in [4.69, 9.17) is 0 Å². The van der Waals surface area contributed by atoms with Gasteiger partial charge in [0.2, 0.25) is 0 Å². The lowest BCUT2D eigenvalue weighted by Gasteiger charge is -2.35. The monoisotopic (exact) mass is 449 g/mol. The van der Waals surface area contributed by atoms with Gasteiger partial charge in [-0.2, -0.15) is 0 Å². The van der Waals surface area contributed by atoms with E-state index >= 15 is 0 Å². The first-order valence-corrected chi connectivity index (χ1v) is 11.9. The molecule has 2 nitrogen and oxygen atoms in total. The van der Waals surface area contributed by atoms with Crippen molar-refractivity contribution in [3.63, 3.8) is 0 Å². The van der Waals surface area contributed by atoms with E-state index in [0.29, 0.717) is 0 Å². The van der Waals surface area contributed by atoms with Crippen molar-refractivity contribution in [3.8, 4) is 11.1 Å². The zero-order valence-corrected chi connectivity index (χ0v) is 19.3. The van der Waals surface area contributed by atoms with Gasteiger partial charge in [0.05, 0.1) is 5.70 Å². The minimum atomic E-state index is -0.00835. The van der Waals surface area contributed by atoms with E-state index in [9.17, 15) is 0 Å². The van der Waals surface area contributed by atoms with Crippen LogP contribution in [0.2, 0.25) is 0 Å². The molecule has 6 rings (SSSR count). The largest absolute Gasteiger partial charge is 0.321 e. The molecule has 1 aliphatic rings. The molecule has 0 bridgehead atoms. The SMILES string of the molecule is [c]1ccc(-c2ccc(N3C=C(c4ccccc4)N(c4ccccc4)C3c3ccccc3)cc2)cc1. The highest BCUT2D eigenvalue weighted by Gasteiger charge is 2.35. The topological polar surface area (TPSA) is 6.48 Å². The smallest absolute Gasteiger partial charge is 0.136 e. The third-order valence-electron chi connectivity index (χ3n) is 6.45. The molecule has 5 aromatic carbocycles. The van der Waals surface area contributed by atoms with Crippen molar-refractivity contribution < 1.29 is 0 Å². The summed E-state index contributed by atoms with van der Waals surface area (Å²) in [6, 6.07) is 52.1. The van der Waals surface area contributed by atoms with Gasteiger partial charge in [0.15, 0.2) is 0 Å². The Kier molecular flexibility index (Phi) is 5.62. The van der Waals surface area contributed by atoms with E-state index in [1.54, 1.807) is 0 Å². The highest BCUT2D eigenvalue weighted by Crippen LogP contribution is 2.45. The van der Waals surface area contributed by atoms with Crippen LogP contribution in [0, 0.1) is 6.07 Å². The molecule has 1 radical (unpaired) electrons. The second kappa shape index (κ2) is 9.36. The van der Waals surface area contributed by atoms with Gasteiger partial charge in [-0.15, -0.1) is 0 Å². The van der Waals surface area contributed by atoms with Crippen LogP contribution >= 0.6 is 0 Å². The van der Waals surface area contributed by atoms with Crippen LogP contribution in [0.25, 0.3) is 16.8 Å². The lowest BCUT2D eigenvalue weighted by Crippen LogP contribution is -2.31. The van der Waals surface area contributed by atoms with Gasteiger partial charge >= 0.3 is 0 Å². The number of hydrogen-bond donors (Lipinski definition) is 0. The Hall–Kier alpha value is -4.56. The van der Waals surface area contributed by atoms with Crippen molar-refractivity contribution >= 4 is 17.1 Å². The fourth-order valence-corrected chi connectivity index (χ4v) is 4.77. The first-order valence-electron chi connectivity index (χ1n) is 11.9. The van der Waals surface area contributed by atoms with Gasteiger partial charge in [-0.05, 0) is 52.6 Å². The number of benzene rings is 5. The van der Waals surface area contributed by atoms with Gasteiger partial charge < -0.3 is 9.80 Å². The van der Waals surface area contributed by atoms with Crippen LogP contribution in [0.4, 0.5) is 11.4 Å². The highest BCUT2D eigenvalue weighted by molar-refractivity contribution is 5.87. The van der Waals surface area contributed by atoms with Gasteiger partial charge in [-0.1, -0.05) is 115 Å². The predicted molar refractivity (Wildman–Crippen MR) is 146 cm³/mol. The van der Waals surface area contributed by atoms with Crippen LogP contribution in [0.15, 0.2) is 146 Å². The molecule has 0 spiro atoms. The molecule has 1 aliphatic heterocycles. The Morgan fingerprint density at radius 2 is 1.06 bits per heavy atom. The molecule has 0 saturated carbocycles. The third kappa shape index (κ3) is 4.11. The Balaban J connectivity index is 1.49. The van der Waals surface area contributed by atoms with E-state index in [0.717, 1.165) is 11.4 Å². The molecule has 0 fully saturated rings. The van der Waals surface area contributed by atoms with Crippen molar-refractivity contribution in [2.24, 2.45) is 0 Å². The second-order valence-corrected chi connectivity index (χ2v) is 8.61. The number of nitrogens with zero attached hydrogens (tertiary/aromatic N) is 2. The lowest BCUT2D eigenvalue weighted by atomic mass is 10.0. The fraction of sp³-hybridized carbons (Fsp3) is 0.0303. The zero-order chi connectivity index (χ0) is 23.5.